The van der Waals surface area contributed by atoms with Crippen LogP contribution in [0.4, 0.5) is 0 Å². The molecule has 0 amide bonds. The van der Waals surface area contributed by atoms with Gasteiger partial charge in [0.25, 0.3) is 0 Å². The van der Waals surface area contributed by atoms with Gasteiger partial charge in [-0.2, -0.15) is 47.9 Å². The van der Waals surface area contributed by atoms with Crippen molar-refractivity contribution in [3.05, 3.63) is 0 Å². The van der Waals surface area contributed by atoms with Crippen LogP contribution >= 0.6 is 47.9 Å². The topological polar surface area (TPSA) is 0 Å². The fourth-order valence-corrected chi connectivity index (χ4v) is 5.18. The maximum Gasteiger partial charge on any atom is 0.00235 e. The first kappa shape index (κ1) is 21.4. The zero-order valence-corrected chi connectivity index (χ0v) is 16.6. The third kappa shape index (κ3) is 19.4. The standard InChI is InChI=1S/C16H34S4/c1-2-3-4-7-12-19-15-16-20-13-9-6-5-8-11-18-14-10-17/h17H,2-16H2,1H3. The van der Waals surface area contributed by atoms with Crippen LogP contribution in [-0.4, -0.2) is 40.3 Å². The Balaban J connectivity index is 2.89. The molecule has 0 radical (unpaired) electrons. The third-order valence-corrected chi connectivity index (χ3v) is 7.07. The molecule has 0 bridgehead atoms. The fourth-order valence-electron chi connectivity index (χ4n) is 1.88. The van der Waals surface area contributed by atoms with Crippen molar-refractivity contribution in [1.82, 2.24) is 0 Å². The number of hydrogen-bond donors (Lipinski definition) is 1. The van der Waals surface area contributed by atoms with Crippen LogP contribution in [0.3, 0.4) is 0 Å². The van der Waals surface area contributed by atoms with Crippen LogP contribution in [-0.2, 0) is 0 Å². The highest BCUT2D eigenvalue weighted by atomic mass is 32.2. The van der Waals surface area contributed by atoms with E-state index in [0.29, 0.717) is 0 Å². The van der Waals surface area contributed by atoms with Gasteiger partial charge in [-0.05, 0) is 42.3 Å². The van der Waals surface area contributed by atoms with Crippen molar-refractivity contribution in [3.63, 3.8) is 0 Å². The predicted octanol–water partition coefficient (Wildman–Crippen LogP) is 6.26. The van der Waals surface area contributed by atoms with Crippen LogP contribution in [0.15, 0.2) is 0 Å². The Kier molecular flexibility index (Phi) is 21.8. The van der Waals surface area contributed by atoms with Crippen LogP contribution in [0.1, 0.15) is 58.3 Å². The molecule has 0 nitrogen and oxygen atoms in total. The fraction of sp³-hybridized carbons (Fsp3) is 1.00. The summed E-state index contributed by atoms with van der Waals surface area (Å²) in [6.07, 6.45) is 11.3. The van der Waals surface area contributed by atoms with Gasteiger partial charge in [-0.3, -0.25) is 0 Å². The molecule has 0 atom stereocenters. The minimum Gasteiger partial charge on any atom is -0.179 e. The molecule has 0 aromatic rings. The summed E-state index contributed by atoms with van der Waals surface area (Å²) < 4.78 is 0. The second-order valence-corrected chi connectivity index (χ2v) is 9.16. The zero-order valence-electron chi connectivity index (χ0n) is 13.3. The van der Waals surface area contributed by atoms with E-state index in [2.05, 4.69) is 54.8 Å². The Hall–Kier alpha value is 1.40. The van der Waals surface area contributed by atoms with Crippen molar-refractivity contribution >= 4 is 47.9 Å². The Labute approximate surface area is 146 Å². The van der Waals surface area contributed by atoms with Gasteiger partial charge in [-0.25, -0.2) is 0 Å². The summed E-state index contributed by atoms with van der Waals surface area (Å²) in [5.74, 6) is 9.05. The monoisotopic (exact) mass is 354 g/mol. The number of thioether (sulfide) groups is 3. The number of rotatable bonds is 17. The van der Waals surface area contributed by atoms with E-state index in [4.69, 9.17) is 0 Å². The molecule has 0 N–H and O–H groups in total. The second-order valence-electron chi connectivity index (χ2n) is 5.04. The average molecular weight is 355 g/mol. The molecule has 0 saturated carbocycles. The van der Waals surface area contributed by atoms with E-state index in [1.807, 2.05) is 0 Å². The lowest BCUT2D eigenvalue weighted by atomic mass is 10.2. The van der Waals surface area contributed by atoms with Crippen molar-refractivity contribution in [2.45, 2.75) is 58.3 Å². The Bertz CT molecular complexity index is 147. The predicted molar refractivity (Wildman–Crippen MR) is 108 cm³/mol. The number of unbranched alkanes of at least 4 members (excludes halogenated alkanes) is 6. The molecule has 0 unspecified atom stereocenters. The lowest BCUT2D eigenvalue weighted by molar-refractivity contribution is 0.706. The average Bonchev–Trinajstić information content (AvgIpc) is 2.47. The zero-order chi connectivity index (χ0) is 14.7. The van der Waals surface area contributed by atoms with Gasteiger partial charge < -0.3 is 0 Å². The van der Waals surface area contributed by atoms with E-state index in [1.165, 1.54) is 85.9 Å². The first-order valence-electron chi connectivity index (χ1n) is 8.26. The van der Waals surface area contributed by atoms with Crippen LogP contribution in [0.2, 0.25) is 0 Å². The van der Waals surface area contributed by atoms with Crippen LogP contribution in [0.5, 0.6) is 0 Å². The van der Waals surface area contributed by atoms with Crippen molar-refractivity contribution in [1.29, 1.82) is 0 Å². The van der Waals surface area contributed by atoms with E-state index >= 15 is 0 Å². The third-order valence-electron chi connectivity index (χ3n) is 3.08. The van der Waals surface area contributed by atoms with Gasteiger partial charge >= 0.3 is 0 Å². The molecule has 0 aliphatic carbocycles. The maximum atomic E-state index is 4.22. The molecular formula is C16H34S4. The molecule has 122 valence electrons. The highest BCUT2D eigenvalue weighted by Gasteiger charge is 1.94. The molecular weight excluding hydrogens is 320 g/mol. The molecule has 0 saturated heterocycles. The maximum absolute atomic E-state index is 4.22. The highest BCUT2D eigenvalue weighted by Crippen LogP contribution is 2.13. The van der Waals surface area contributed by atoms with Gasteiger partial charge in [0.2, 0.25) is 0 Å². The van der Waals surface area contributed by atoms with Crippen molar-refractivity contribution in [3.8, 4) is 0 Å². The Morgan fingerprint density at radius 1 is 0.550 bits per heavy atom. The van der Waals surface area contributed by atoms with Crippen LogP contribution in [0, 0.1) is 0 Å². The van der Waals surface area contributed by atoms with Crippen molar-refractivity contribution < 1.29 is 0 Å². The first-order chi connectivity index (χ1) is 9.91. The molecule has 0 aliphatic rings. The minimum absolute atomic E-state index is 1.03. The molecule has 0 heterocycles. The van der Waals surface area contributed by atoms with Gasteiger partial charge in [-0.1, -0.05) is 39.0 Å². The minimum atomic E-state index is 1.03. The van der Waals surface area contributed by atoms with E-state index in [9.17, 15) is 0 Å². The SMILES string of the molecule is CCCCCCSCCSCCCCCCSCCS. The first-order valence-corrected chi connectivity index (χ1v) is 12.4. The summed E-state index contributed by atoms with van der Waals surface area (Å²) in [7, 11) is 0. The summed E-state index contributed by atoms with van der Waals surface area (Å²) >= 11 is 10.6. The summed E-state index contributed by atoms with van der Waals surface area (Å²) in [6, 6.07) is 0. The molecule has 0 aromatic carbocycles. The molecule has 0 aromatic heterocycles. The Morgan fingerprint density at radius 3 is 1.45 bits per heavy atom. The molecule has 0 fully saturated rings. The largest absolute Gasteiger partial charge is 0.179 e. The van der Waals surface area contributed by atoms with Crippen molar-refractivity contribution in [2.24, 2.45) is 0 Å². The second kappa shape index (κ2) is 20.4. The number of thiol groups is 1. The molecule has 0 aliphatic heterocycles. The lowest BCUT2D eigenvalue weighted by Gasteiger charge is -2.03. The normalized spacial score (nSPS) is 11.1. The van der Waals surface area contributed by atoms with E-state index in [-0.39, 0.29) is 0 Å². The Morgan fingerprint density at radius 2 is 1.00 bits per heavy atom. The van der Waals surface area contributed by atoms with Crippen LogP contribution in [0.25, 0.3) is 0 Å². The molecule has 0 spiro atoms. The van der Waals surface area contributed by atoms with Gasteiger partial charge in [0, 0.05) is 17.3 Å². The van der Waals surface area contributed by atoms with E-state index < -0.39 is 0 Å². The highest BCUT2D eigenvalue weighted by molar-refractivity contribution is 8.02. The van der Waals surface area contributed by atoms with Crippen molar-refractivity contribution in [2.75, 3.05) is 40.3 Å². The van der Waals surface area contributed by atoms with Gasteiger partial charge in [0.15, 0.2) is 0 Å². The summed E-state index contributed by atoms with van der Waals surface area (Å²) in [6.45, 7) is 2.28. The van der Waals surface area contributed by atoms with Gasteiger partial charge in [0.05, 0.1) is 0 Å². The smallest absolute Gasteiger partial charge is 0.00235 e. The molecule has 4 heteroatoms. The van der Waals surface area contributed by atoms with Gasteiger partial charge in [0.1, 0.15) is 0 Å². The lowest BCUT2D eigenvalue weighted by Crippen LogP contribution is -1.90. The summed E-state index contributed by atoms with van der Waals surface area (Å²) in [4.78, 5) is 0. The van der Waals surface area contributed by atoms with E-state index in [0.717, 1.165) is 5.75 Å². The van der Waals surface area contributed by atoms with E-state index in [1.54, 1.807) is 0 Å². The molecule has 0 rings (SSSR count). The quantitative estimate of drug-likeness (QED) is 0.242. The van der Waals surface area contributed by atoms with Crippen LogP contribution < -0.4 is 0 Å². The number of hydrogen-bond acceptors (Lipinski definition) is 4. The van der Waals surface area contributed by atoms with Gasteiger partial charge in [-0.15, -0.1) is 0 Å². The summed E-state index contributed by atoms with van der Waals surface area (Å²) in [5.41, 5.74) is 0. The molecule has 20 heavy (non-hydrogen) atoms. The summed E-state index contributed by atoms with van der Waals surface area (Å²) in [5, 5.41) is 0.